The number of benzene rings is 1. The first-order valence-electron chi connectivity index (χ1n) is 7.53. The molecule has 0 atom stereocenters. The number of aromatic nitrogens is 4. The number of nitriles is 1. The summed E-state index contributed by atoms with van der Waals surface area (Å²) in [6, 6.07) is 6.84. The molecule has 0 aliphatic heterocycles. The Bertz CT molecular complexity index is 1070. The molecule has 0 saturated carbocycles. The molecule has 10 heteroatoms. The highest BCUT2D eigenvalue weighted by atomic mass is 35.5. The van der Waals surface area contributed by atoms with Crippen molar-refractivity contribution in [2.24, 2.45) is 0 Å². The zero-order valence-electron chi connectivity index (χ0n) is 13.8. The molecule has 0 amide bonds. The van der Waals surface area contributed by atoms with E-state index >= 15 is 0 Å². The molecule has 2 aromatic heterocycles. The summed E-state index contributed by atoms with van der Waals surface area (Å²) in [5.41, 5.74) is 1.34. The van der Waals surface area contributed by atoms with Gasteiger partial charge in [-0.25, -0.2) is 14.8 Å². The third kappa shape index (κ3) is 4.00. The first kappa shape index (κ1) is 18.6. The van der Waals surface area contributed by atoms with Gasteiger partial charge in [0.1, 0.15) is 17.5 Å². The van der Waals surface area contributed by atoms with E-state index < -0.39 is 6.16 Å². The lowest BCUT2D eigenvalue weighted by Crippen LogP contribution is -2.11. The van der Waals surface area contributed by atoms with Gasteiger partial charge in [0.2, 0.25) is 5.88 Å². The summed E-state index contributed by atoms with van der Waals surface area (Å²) in [6.45, 7) is 1.72. The summed E-state index contributed by atoms with van der Waals surface area (Å²) in [5.74, 6) is 0.294. The Morgan fingerprint density at radius 2 is 2.11 bits per heavy atom. The van der Waals surface area contributed by atoms with Crippen LogP contribution in [0.3, 0.4) is 0 Å². The Morgan fingerprint density at radius 3 is 2.81 bits per heavy atom. The van der Waals surface area contributed by atoms with Crippen molar-refractivity contribution in [3.8, 4) is 23.5 Å². The number of carboxylic acid groups (broad SMARTS) is 1. The van der Waals surface area contributed by atoms with Crippen LogP contribution in [-0.4, -0.2) is 30.8 Å². The molecule has 1 N–H and O–H groups in total. The molecule has 8 nitrogen and oxygen atoms in total. The van der Waals surface area contributed by atoms with Crippen LogP contribution in [0.1, 0.15) is 17.0 Å². The van der Waals surface area contributed by atoms with Crippen LogP contribution in [-0.2, 0) is 6.54 Å². The molecule has 0 fully saturated rings. The molecule has 136 valence electrons. The Morgan fingerprint density at radius 1 is 1.33 bits per heavy atom. The van der Waals surface area contributed by atoms with Crippen molar-refractivity contribution in [1.82, 2.24) is 19.5 Å². The summed E-state index contributed by atoms with van der Waals surface area (Å²) in [6.07, 6.45) is 1.25. The van der Waals surface area contributed by atoms with Crippen molar-refractivity contribution in [3.05, 3.63) is 57.6 Å². The zero-order chi connectivity index (χ0) is 19.6. The normalized spacial score (nSPS) is 10.4. The highest BCUT2D eigenvalue weighted by Crippen LogP contribution is 2.30. The summed E-state index contributed by atoms with van der Waals surface area (Å²) in [7, 11) is 0. The predicted molar refractivity (Wildman–Crippen MR) is 96.9 cm³/mol. The second kappa shape index (κ2) is 7.61. The minimum atomic E-state index is -1.49. The Labute approximate surface area is 163 Å². The number of ether oxygens (including phenoxy) is 1. The number of nitrogens with zero attached hydrogens (tertiary/aromatic N) is 5. The minimum Gasteiger partial charge on any atom is -0.449 e. The Balaban J connectivity index is 2.18. The number of hydrogen-bond acceptors (Lipinski definition) is 6. The average molecular weight is 404 g/mol. The van der Waals surface area contributed by atoms with Crippen molar-refractivity contribution < 1.29 is 14.6 Å². The molecule has 0 unspecified atom stereocenters. The minimum absolute atomic E-state index is 0.0118. The molecule has 0 bridgehead atoms. The fourth-order valence-corrected chi connectivity index (χ4v) is 2.85. The number of hydrogen-bond donors (Lipinski definition) is 1. The predicted octanol–water partition coefficient (Wildman–Crippen LogP) is 3.93. The van der Waals surface area contributed by atoms with Crippen molar-refractivity contribution in [1.29, 1.82) is 5.26 Å². The third-order valence-corrected chi connectivity index (χ3v) is 4.19. The first-order valence-corrected chi connectivity index (χ1v) is 8.29. The first-order chi connectivity index (χ1) is 12.9. The van der Waals surface area contributed by atoms with Crippen molar-refractivity contribution in [2.45, 2.75) is 13.5 Å². The quantitative estimate of drug-likeness (QED) is 0.656. The number of rotatable bonds is 4. The van der Waals surface area contributed by atoms with Crippen LogP contribution >= 0.6 is 23.2 Å². The summed E-state index contributed by atoms with van der Waals surface area (Å²) >= 11 is 12.3. The van der Waals surface area contributed by atoms with E-state index in [-0.39, 0.29) is 29.6 Å². The van der Waals surface area contributed by atoms with E-state index in [0.717, 1.165) is 0 Å². The summed E-state index contributed by atoms with van der Waals surface area (Å²) < 4.78 is 6.40. The fourth-order valence-electron chi connectivity index (χ4n) is 2.47. The Kier molecular flexibility index (Phi) is 5.26. The van der Waals surface area contributed by atoms with Crippen LogP contribution in [0.4, 0.5) is 4.79 Å². The van der Waals surface area contributed by atoms with Gasteiger partial charge < -0.3 is 9.84 Å². The second-order valence-electron chi connectivity index (χ2n) is 5.42. The van der Waals surface area contributed by atoms with Crippen LogP contribution in [0.25, 0.3) is 11.5 Å². The number of carbonyl (C=O) groups is 1. The van der Waals surface area contributed by atoms with E-state index in [1.165, 1.54) is 17.0 Å². The lowest BCUT2D eigenvalue weighted by atomic mass is 10.2. The molecule has 0 spiro atoms. The largest absolute Gasteiger partial charge is 0.512 e. The van der Waals surface area contributed by atoms with Gasteiger partial charge in [0.05, 0.1) is 18.9 Å². The highest BCUT2D eigenvalue weighted by molar-refractivity contribution is 6.33. The average Bonchev–Trinajstić information content (AvgIpc) is 2.94. The molecule has 2 heterocycles. The molecule has 27 heavy (non-hydrogen) atoms. The maximum Gasteiger partial charge on any atom is 0.512 e. The molecular weight excluding hydrogens is 393 g/mol. The number of halogens is 2. The second-order valence-corrected chi connectivity index (χ2v) is 6.26. The van der Waals surface area contributed by atoms with Gasteiger partial charge >= 0.3 is 6.16 Å². The monoisotopic (exact) mass is 403 g/mol. The Hall–Kier alpha value is -3.15. The van der Waals surface area contributed by atoms with E-state index in [1.807, 2.05) is 6.07 Å². The zero-order valence-corrected chi connectivity index (χ0v) is 15.4. The number of imidazole rings is 1. The standard InChI is InChI=1S/C17H11Cl2N5O3/c1-9-16(27-17(25)26)24(8-10-4-11(18)2-3-13(10)19)15(22-9)14-7-21-6-12(5-20)23-14/h2-4,6-7H,8H2,1H3,(H,25,26). The fraction of sp³-hybridized carbons (Fsp3) is 0.118. The maximum absolute atomic E-state index is 11.1. The van der Waals surface area contributed by atoms with Crippen LogP contribution in [0.2, 0.25) is 10.0 Å². The van der Waals surface area contributed by atoms with Gasteiger partial charge in [-0.3, -0.25) is 9.55 Å². The van der Waals surface area contributed by atoms with Gasteiger partial charge in [0.15, 0.2) is 11.5 Å². The third-order valence-electron chi connectivity index (χ3n) is 3.58. The van der Waals surface area contributed by atoms with Crippen molar-refractivity contribution in [3.63, 3.8) is 0 Å². The van der Waals surface area contributed by atoms with Gasteiger partial charge in [-0.1, -0.05) is 23.2 Å². The van der Waals surface area contributed by atoms with Crippen LogP contribution in [0.5, 0.6) is 5.88 Å². The van der Waals surface area contributed by atoms with E-state index in [4.69, 9.17) is 38.3 Å². The van der Waals surface area contributed by atoms with E-state index in [9.17, 15) is 4.79 Å². The van der Waals surface area contributed by atoms with Crippen LogP contribution in [0, 0.1) is 18.3 Å². The topological polar surface area (TPSA) is 114 Å². The highest BCUT2D eigenvalue weighted by Gasteiger charge is 2.22. The van der Waals surface area contributed by atoms with Crippen molar-refractivity contribution >= 4 is 29.4 Å². The molecule has 0 saturated heterocycles. The molecule has 0 aliphatic rings. The summed E-state index contributed by atoms with van der Waals surface area (Å²) in [4.78, 5) is 23.6. The van der Waals surface area contributed by atoms with Crippen LogP contribution < -0.4 is 4.74 Å². The molecule has 0 aliphatic carbocycles. The van der Waals surface area contributed by atoms with E-state index in [1.54, 1.807) is 25.1 Å². The SMILES string of the molecule is Cc1nc(-c2cncc(C#N)n2)n(Cc2cc(Cl)ccc2Cl)c1OC(=O)O. The van der Waals surface area contributed by atoms with Gasteiger partial charge in [0.25, 0.3) is 0 Å². The molecule has 3 rings (SSSR count). The number of aryl methyl sites for hydroxylation is 1. The molecule has 1 aromatic carbocycles. The maximum atomic E-state index is 11.1. The van der Waals surface area contributed by atoms with Crippen LogP contribution in [0.15, 0.2) is 30.6 Å². The van der Waals surface area contributed by atoms with Gasteiger partial charge in [-0.15, -0.1) is 0 Å². The lowest BCUT2D eigenvalue weighted by molar-refractivity contribution is 0.140. The lowest BCUT2D eigenvalue weighted by Gasteiger charge is -2.12. The van der Waals surface area contributed by atoms with Gasteiger partial charge in [0, 0.05) is 10.0 Å². The van der Waals surface area contributed by atoms with Crippen molar-refractivity contribution in [2.75, 3.05) is 0 Å². The van der Waals surface area contributed by atoms with Gasteiger partial charge in [-0.05, 0) is 30.7 Å². The van der Waals surface area contributed by atoms with E-state index in [2.05, 4.69) is 15.0 Å². The molecular formula is C17H11Cl2N5O3. The molecule has 3 aromatic rings. The smallest absolute Gasteiger partial charge is 0.449 e. The van der Waals surface area contributed by atoms with Gasteiger partial charge in [-0.2, -0.15) is 5.26 Å². The molecule has 0 radical (unpaired) electrons. The van der Waals surface area contributed by atoms with E-state index in [0.29, 0.717) is 21.3 Å². The summed E-state index contributed by atoms with van der Waals surface area (Å²) in [5, 5.41) is 19.0.